The molecule has 0 fully saturated rings. The fraction of sp³-hybridized carbons (Fsp3) is 0.125. The maximum Gasteiger partial charge on any atom is 0.277 e. The summed E-state index contributed by atoms with van der Waals surface area (Å²) in [5.41, 5.74) is 2.92. The Morgan fingerprint density at radius 2 is 1.79 bits per heavy atom. The van der Waals surface area contributed by atoms with E-state index in [1.807, 2.05) is 0 Å². The summed E-state index contributed by atoms with van der Waals surface area (Å²) in [6.07, 6.45) is 1.38. The Bertz CT molecular complexity index is 726. The number of nitrogens with zero attached hydrogens (tertiary/aromatic N) is 2. The predicted octanol–water partition coefficient (Wildman–Crippen LogP) is 2.13. The number of amides is 1. The zero-order chi connectivity index (χ0) is 17.4. The average molecular weight is 329 g/mol. The summed E-state index contributed by atoms with van der Waals surface area (Å²) in [5, 5.41) is 14.3. The zero-order valence-corrected chi connectivity index (χ0v) is 12.8. The van der Waals surface area contributed by atoms with Gasteiger partial charge < -0.3 is 9.47 Å². The lowest BCUT2D eigenvalue weighted by atomic mass is 10.2. The molecule has 2 rings (SSSR count). The number of non-ortho nitro benzene ring substituents is 1. The number of methoxy groups -OCH3 is 1. The number of ether oxygens (including phenoxy) is 2. The van der Waals surface area contributed by atoms with E-state index in [4.69, 9.17) is 9.47 Å². The van der Waals surface area contributed by atoms with Gasteiger partial charge in [0.25, 0.3) is 11.6 Å². The first-order chi connectivity index (χ1) is 11.6. The molecule has 0 aliphatic heterocycles. The number of nitro benzene ring substituents is 1. The van der Waals surface area contributed by atoms with E-state index < -0.39 is 10.8 Å². The Hall–Kier alpha value is -3.42. The van der Waals surface area contributed by atoms with E-state index in [1.165, 1.54) is 30.5 Å². The van der Waals surface area contributed by atoms with Crippen molar-refractivity contribution >= 4 is 17.8 Å². The highest BCUT2D eigenvalue weighted by atomic mass is 16.6. The van der Waals surface area contributed by atoms with E-state index in [1.54, 1.807) is 31.4 Å². The SMILES string of the molecule is COc1ccc(OCC(=O)N/N=C/c2ccc([N+](=O)[O-])cc2)cc1. The fourth-order valence-electron chi connectivity index (χ4n) is 1.71. The van der Waals surface area contributed by atoms with Gasteiger partial charge in [-0.25, -0.2) is 5.43 Å². The van der Waals surface area contributed by atoms with Gasteiger partial charge in [-0.1, -0.05) is 0 Å². The maximum absolute atomic E-state index is 11.6. The third kappa shape index (κ3) is 5.09. The number of carbonyl (C=O) groups is 1. The van der Waals surface area contributed by atoms with E-state index in [-0.39, 0.29) is 12.3 Å². The van der Waals surface area contributed by atoms with Crippen LogP contribution in [0.2, 0.25) is 0 Å². The number of hydrazone groups is 1. The average Bonchev–Trinajstić information content (AvgIpc) is 2.61. The van der Waals surface area contributed by atoms with Crippen LogP contribution >= 0.6 is 0 Å². The molecular weight excluding hydrogens is 314 g/mol. The lowest BCUT2D eigenvalue weighted by Crippen LogP contribution is -2.24. The second-order valence-electron chi connectivity index (χ2n) is 4.61. The molecule has 0 unspecified atom stereocenters. The topological polar surface area (TPSA) is 103 Å². The Balaban J connectivity index is 1.78. The Morgan fingerprint density at radius 1 is 1.17 bits per heavy atom. The van der Waals surface area contributed by atoms with Gasteiger partial charge in [-0.2, -0.15) is 5.10 Å². The van der Waals surface area contributed by atoms with Gasteiger partial charge in [0, 0.05) is 12.1 Å². The van der Waals surface area contributed by atoms with Crippen molar-refractivity contribution in [2.45, 2.75) is 0 Å². The number of hydrogen-bond acceptors (Lipinski definition) is 6. The predicted molar refractivity (Wildman–Crippen MR) is 87.3 cm³/mol. The van der Waals surface area contributed by atoms with E-state index in [9.17, 15) is 14.9 Å². The lowest BCUT2D eigenvalue weighted by molar-refractivity contribution is -0.384. The summed E-state index contributed by atoms with van der Waals surface area (Å²) in [4.78, 5) is 21.7. The first-order valence-corrected chi connectivity index (χ1v) is 6.91. The van der Waals surface area contributed by atoms with Crippen molar-refractivity contribution in [2.75, 3.05) is 13.7 Å². The van der Waals surface area contributed by atoms with Crippen LogP contribution in [0.4, 0.5) is 5.69 Å². The molecule has 24 heavy (non-hydrogen) atoms. The normalized spacial score (nSPS) is 10.4. The largest absolute Gasteiger partial charge is 0.497 e. The van der Waals surface area contributed by atoms with Crippen molar-refractivity contribution in [2.24, 2.45) is 5.10 Å². The van der Waals surface area contributed by atoms with Crippen molar-refractivity contribution in [1.82, 2.24) is 5.43 Å². The molecule has 0 bridgehead atoms. The fourth-order valence-corrected chi connectivity index (χ4v) is 1.71. The summed E-state index contributed by atoms with van der Waals surface area (Å²) in [5.74, 6) is 0.800. The number of nitrogens with one attached hydrogen (secondary N) is 1. The van der Waals surface area contributed by atoms with Gasteiger partial charge in [0.2, 0.25) is 0 Å². The molecule has 0 saturated heterocycles. The standard InChI is InChI=1S/C16H15N3O5/c1-23-14-6-8-15(9-7-14)24-11-16(20)18-17-10-12-2-4-13(5-3-12)19(21)22/h2-10H,11H2,1H3,(H,18,20)/b17-10+. The molecule has 8 heteroatoms. The van der Waals surface area contributed by atoms with Crippen molar-refractivity contribution in [1.29, 1.82) is 0 Å². The highest BCUT2D eigenvalue weighted by Crippen LogP contribution is 2.16. The highest BCUT2D eigenvalue weighted by molar-refractivity contribution is 5.83. The van der Waals surface area contributed by atoms with E-state index in [2.05, 4.69) is 10.5 Å². The minimum atomic E-state index is -0.487. The second kappa shape index (κ2) is 8.28. The van der Waals surface area contributed by atoms with Crippen LogP contribution in [0.1, 0.15) is 5.56 Å². The van der Waals surface area contributed by atoms with Gasteiger partial charge in [-0.15, -0.1) is 0 Å². The highest BCUT2D eigenvalue weighted by Gasteiger charge is 2.03. The van der Waals surface area contributed by atoms with Crippen molar-refractivity contribution in [3.63, 3.8) is 0 Å². The van der Waals surface area contributed by atoms with E-state index in [0.29, 0.717) is 17.1 Å². The van der Waals surface area contributed by atoms with E-state index in [0.717, 1.165) is 0 Å². The summed E-state index contributed by atoms with van der Waals surface area (Å²) in [6, 6.07) is 12.6. The number of hydrogen-bond donors (Lipinski definition) is 1. The third-order valence-electron chi connectivity index (χ3n) is 2.94. The lowest BCUT2D eigenvalue weighted by Gasteiger charge is -2.05. The third-order valence-corrected chi connectivity index (χ3v) is 2.94. The Kier molecular flexibility index (Phi) is 5.84. The molecule has 124 valence electrons. The number of benzene rings is 2. The Labute approximate surface area is 137 Å². The summed E-state index contributed by atoms with van der Waals surface area (Å²) < 4.78 is 10.3. The minimum absolute atomic E-state index is 0.0101. The molecule has 1 N–H and O–H groups in total. The smallest absolute Gasteiger partial charge is 0.277 e. The minimum Gasteiger partial charge on any atom is -0.497 e. The van der Waals surface area contributed by atoms with Crippen molar-refractivity contribution in [3.8, 4) is 11.5 Å². The van der Waals surface area contributed by atoms with Crippen molar-refractivity contribution in [3.05, 3.63) is 64.2 Å². The van der Waals surface area contributed by atoms with Gasteiger partial charge in [0.05, 0.1) is 18.2 Å². The summed E-state index contributed by atoms with van der Waals surface area (Å²) in [6.45, 7) is -0.191. The zero-order valence-electron chi connectivity index (χ0n) is 12.8. The van der Waals surface area contributed by atoms with Crippen LogP contribution in [0.15, 0.2) is 53.6 Å². The van der Waals surface area contributed by atoms with Crippen LogP contribution in [0.25, 0.3) is 0 Å². The molecule has 8 nitrogen and oxygen atoms in total. The second-order valence-corrected chi connectivity index (χ2v) is 4.61. The van der Waals surface area contributed by atoms with Gasteiger partial charge in [0.15, 0.2) is 6.61 Å². The van der Waals surface area contributed by atoms with Gasteiger partial charge >= 0.3 is 0 Å². The van der Waals surface area contributed by atoms with E-state index >= 15 is 0 Å². The van der Waals surface area contributed by atoms with Crippen LogP contribution in [0.5, 0.6) is 11.5 Å². The number of nitro groups is 1. The molecule has 0 saturated carbocycles. The van der Waals surface area contributed by atoms with Crippen molar-refractivity contribution < 1.29 is 19.2 Å². The van der Waals surface area contributed by atoms with Crippen LogP contribution in [-0.2, 0) is 4.79 Å². The van der Waals surface area contributed by atoms with Crippen LogP contribution in [-0.4, -0.2) is 30.8 Å². The molecule has 1 amide bonds. The molecule has 2 aromatic carbocycles. The molecule has 2 aromatic rings. The summed E-state index contributed by atoms with van der Waals surface area (Å²) in [7, 11) is 1.56. The summed E-state index contributed by atoms with van der Waals surface area (Å²) >= 11 is 0. The molecule has 0 aliphatic carbocycles. The van der Waals surface area contributed by atoms with Crippen LogP contribution in [0.3, 0.4) is 0 Å². The van der Waals surface area contributed by atoms with Gasteiger partial charge in [-0.05, 0) is 42.0 Å². The monoisotopic (exact) mass is 329 g/mol. The molecular formula is C16H15N3O5. The molecule has 0 aromatic heterocycles. The molecule has 0 aliphatic rings. The van der Waals surface area contributed by atoms with Crippen LogP contribution in [0, 0.1) is 10.1 Å². The molecule has 0 heterocycles. The molecule has 0 spiro atoms. The van der Waals surface area contributed by atoms with Gasteiger partial charge in [0.1, 0.15) is 11.5 Å². The Morgan fingerprint density at radius 3 is 2.38 bits per heavy atom. The number of carbonyl (C=O) groups excluding carboxylic acids is 1. The van der Waals surface area contributed by atoms with Crippen LogP contribution < -0.4 is 14.9 Å². The quantitative estimate of drug-likeness (QED) is 0.476. The first kappa shape index (κ1) is 16.9. The maximum atomic E-state index is 11.6. The molecule has 0 atom stereocenters. The molecule has 0 radical (unpaired) electrons. The number of rotatable bonds is 7. The first-order valence-electron chi connectivity index (χ1n) is 6.91. The van der Waals surface area contributed by atoms with Gasteiger partial charge in [-0.3, -0.25) is 14.9 Å².